The van der Waals surface area contributed by atoms with E-state index in [2.05, 4.69) is 0 Å². The van der Waals surface area contributed by atoms with Crippen LogP contribution in [0.3, 0.4) is 0 Å². The first kappa shape index (κ1) is 6.92. The second-order valence-electron chi connectivity index (χ2n) is 1.74. The topological polar surface area (TPSA) is 45.9 Å². The van der Waals surface area contributed by atoms with Crippen LogP contribution < -0.4 is 5.73 Å². The second kappa shape index (κ2) is 4.09. The standard InChI is InChI=1S/C5H12NO/c1-5(7)3-2-4-6/h5H,2-4,6H2,1H3. The molecule has 0 rings (SSSR count). The van der Waals surface area contributed by atoms with Crippen molar-refractivity contribution >= 4 is 0 Å². The Balaban J connectivity index is 2.68. The van der Waals surface area contributed by atoms with Gasteiger partial charge in [-0.15, -0.1) is 0 Å². The predicted octanol–water partition coefficient (Wildman–Crippen LogP) is 0.544. The lowest BCUT2D eigenvalue weighted by atomic mass is 10.2. The summed E-state index contributed by atoms with van der Waals surface area (Å²) in [6.07, 6.45) is 1.16. The SMILES string of the molecule is CC([O])CCCN. The van der Waals surface area contributed by atoms with E-state index in [0.29, 0.717) is 6.54 Å². The van der Waals surface area contributed by atoms with Crippen LogP contribution in [0.1, 0.15) is 19.8 Å². The summed E-state index contributed by atoms with van der Waals surface area (Å²) in [7, 11) is 0. The highest BCUT2D eigenvalue weighted by Gasteiger charge is 1.92. The maximum Gasteiger partial charge on any atom is 0.0902 e. The molecule has 2 nitrogen and oxygen atoms in total. The van der Waals surface area contributed by atoms with Crippen LogP contribution in [0, 0.1) is 0 Å². The third-order valence-corrected chi connectivity index (χ3v) is 0.815. The van der Waals surface area contributed by atoms with Gasteiger partial charge in [-0.2, -0.15) is 0 Å². The molecule has 1 atom stereocenters. The first-order valence-electron chi connectivity index (χ1n) is 2.63. The zero-order valence-corrected chi connectivity index (χ0v) is 4.68. The lowest BCUT2D eigenvalue weighted by molar-refractivity contribution is 0.0963. The van der Waals surface area contributed by atoms with Crippen LogP contribution >= 0.6 is 0 Å². The Hall–Kier alpha value is -0.0800. The van der Waals surface area contributed by atoms with E-state index in [1.54, 1.807) is 6.92 Å². The van der Waals surface area contributed by atoms with Gasteiger partial charge in [-0.1, -0.05) is 0 Å². The van der Waals surface area contributed by atoms with Crippen molar-refractivity contribution in [2.45, 2.75) is 25.9 Å². The smallest absolute Gasteiger partial charge is 0.0902 e. The average molecular weight is 102 g/mol. The lowest BCUT2D eigenvalue weighted by Crippen LogP contribution is -2.03. The summed E-state index contributed by atoms with van der Waals surface area (Å²) in [5.74, 6) is 0. The normalized spacial score (nSPS) is 14.1. The highest BCUT2D eigenvalue weighted by atomic mass is 16.3. The highest BCUT2D eigenvalue weighted by Crippen LogP contribution is 1.92. The van der Waals surface area contributed by atoms with Crippen LogP contribution in [0.5, 0.6) is 0 Å². The summed E-state index contributed by atoms with van der Waals surface area (Å²) >= 11 is 0. The fourth-order valence-corrected chi connectivity index (χ4v) is 0.405. The van der Waals surface area contributed by atoms with Crippen molar-refractivity contribution in [1.29, 1.82) is 0 Å². The molecular formula is C5H12NO. The Labute approximate surface area is 44.3 Å². The number of nitrogens with two attached hydrogens (primary N) is 1. The minimum atomic E-state index is -0.427. The molecule has 2 heteroatoms. The molecule has 0 saturated heterocycles. The van der Waals surface area contributed by atoms with Gasteiger partial charge in [0, 0.05) is 0 Å². The molecule has 0 aliphatic heterocycles. The largest absolute Gasteiger partial charge is 0.330 e. The Morgan fingerprint density at radius 2 is 2.29 bits per heavy atom. The van der Waals surface area contributed by atoms with Crippen molar-refractivity contribution in [2.24, 2.45) is 5.73 Å². The Bertz CT molecular complexity index is 37.1. The maximum atomic E-state index is 10.2. The van der Waals surface area contributed by atoms with Crippen LogP contribution in [0.25, 0.3) is 0 Å². The van der Waals surface area contributed by atoms with E-state index in [1.165, 1.54) is 0 Å². The lowest BCUT2D eigenvalue weighted by Gasteiger charge is -1.95. The summed E-state index contributed by atoms with van der Waals surface area (Å²) < 4.78 is 0. The van der Waals surface area contributed by atoms with Gasteiger partial charge in [0.25, 0.3) is 0 Å². The molecule has 2 N–H and O–H groups in total. The second-order valence-corrected chi connectivity index (χ2v) is 1.74. The number of hydrogen-bond donors (Lipinski definition) is 1. The van der Waals surface area contributed by atoms with Crippen LogP contribution in [-0.2, 0) is 5.11 Å². The summed E-state index contributed by atoms with van der Waals surface area (Å²) in [6, 6.07) is 0. The zero-order chi connectivity index (χ0) is 5.70. The van der Waals surface area contributed by atoms with Crippen molar-refractivity contribution < 1.29 is 5.11 Å². The van der Waals surface area contributed by atoms with Crippen molar-refractivity contribution in [2.75, 3.05) is 6.54 Å². The molecule has 1 radical (unpaired) electrons. The first-order chi connectivity index (χ1) is 3.27. The van der Waals surface area contributed by atoms with Crippen LogP contribution in [0.4, 0.5) is 0 Å². The molecule has 0 aliphatic rings. The highest BCUT2D eigenvalue weighted by molar-refractivity contribution is 4.45. The molecule has 0 saturated carbocycles. The van der Waals surface area contributed by atoms with Gasteiger partial charge in [0.05, 0.1) is 6.10 Å². The molecule has 0 fully saturated rings. The van der Waals surface area contributed by atoms with E-state index in [0.717, 1.165) is 12.8 Å². The van der Waals surface area contributed by atoms with Gasteiger partial charge in [-0.3, -0.25) is 0 Å². The van der Waals surface area contributed by atoms with Gasteiger partial charge < -0.3 is 5.73 Å². The van der Waals surface area contributed by atoms with Crippen LogP contribution in [0.2, 0.25) is 0 Å². The Kier molecular flexibility index (Phi) is 4.04. The van der Waals surface area contributed by atoms with Gasteiger partial charge in [-0.25, -0.2) is 5.11 Å². The fraction of sp³-hybridized carbons (Fsp3) is 1.00. The molecule has 0 aromatic carbocycles. The fourth-order valence-electron chi connectivity index (χ4n) is 0.405. The molecule has 1 unspecified atom stereocenters. The number of rotatable bonds is 3. The van der Waals surface area contributed by atoms with E-state index >= 15 is 0 Å². The van der Waals surface area contributed by atoms with E-state index in [1.807, 2.05) is 0 Å². The molecular weight excluding hydrogens is 90.1 g/mol. The molecule has 0 bridgehead atoms. The first-order valence-corrected chi connectivity index (χ1v) is 2.63. The van der Waals surface area contributed by atoms with E-state index in [-0.39, 0.29) is 0 Å². The Morgan fingerprint density at radius 1 is 1.71 bits per heavy atom. The summed E-state index contributed by atoms with van der Waals surface area (Å²) in [5, 5.41) is 10.2. The van der Waals surface area contributed by atoms with Gasteiger partial charge in [0.2, 0.25) is 0 Å². The third-order valence-electron chi connectivity index (χ3n) is 0.815. The molecule has 0 aromatic heterocycles. The average Bonchev–Trinajstić information content (AvgIpc) is 1.61. The van der Waals surface area contributed by atoms with Crippen molar-refractivity contribution in [3.8, 4) is 0 Å². The van der Waals surface area contributed by atoms with Gasteiger partial charge in [0.1, 0.15) is 0 Å². The van der Waals surface area contributed by atoms with E-state index in [9.17, 15) is 5.11 Å². The molecule has 7 heavy (non-hydrogen) atoms. The van der Waals surface area contributed by atoms with Gasteiger partial charge >= 0.3 is 0 Å². The monoisotopic (exact) mass is 102 g/mol. The Morgan fingerprint density at radius 3 is 2.43 bits per heavy atom. The number of hydrogen-bond acceptors (Lipinski definition) is 1. The molecule has 0 spiro atoms. The third kappa shape index (κ3) is 5.92. The van der Waals surface area contributed by atoms with Crippen molar-refractivity contribution in [3.05, 3.63) is 0 Å². The quantitative estimate of drug-likeness (QED) is 0.555. The molecule has 0 aliphatic carbocycles. The maximum absolute atomic E-state index is 10.2. The van der Waals surface area contributed by atoms with E-state index < -0.39 is 6.10 Å². The minimum absolute atomic E-state index is 0.427. The summed E-state index contributed by atoms with van der Waals surface area (Å²) in [5.41, 5.74) is 5.14. The van der Waals surface area contributed by atoms with Gasteiger partial charge in [-0.05, 0) is 26.3 Å². The van der Waals surface area contributed by atoms with Gasteiger partial charge in [0.15, 0.2) is 0 Å². The van der Waals surface area contributed by atoms with Crippen LogP contribution in [0.15, 0.2) is 0 Å². The predicted molar refractivity (Wildman–Crippen MR) is 28.4 cm³/mol. The van der Waals surface area contributed by atoms with Crippen LogP contribution in [-0.4, -0.2) is 12.6 Å². The summed E-state index contributed by atoms with van der Waals surface area (Å²) in [6.45, 7) is 2.31. The molecule has 43 valence electrons. The minimum Gasteiger partial charge on any atom is -0.330 e. The van der Waals surface area contributed by atoms with E-state index in [4.69, 9.17) is 5.73 Å². The molecule has 0 heterocycles. The molecule has 0 aromatic rings. The zero-order valence-electron chi connectivity index (χ0n) is 4.68. The van der Waals surface area contributed by atoms with Crippen molar-refractivity contribution in [1.82, 2.24) is 0 Å². The summed E-state index contributed by atoms with van der Waals surface area (Å²) in [4.78, 5) is 0. The van der Waals surface area contributed by atoms with Crippen molar-refractivity contribution in [3.63, 3.8) is 0 Å². The molecule has 0 amide bonds.